The first-order valence-electron chi connectivity index (χ1n) is 16.4. The van der Waals surface area contributed by atoms with Crippen LogP contribution in [-0.4, -0.2) is 98.7 Å². The van der Waals surface area contributed by atoms with Gasteiger partial charge in [0.1, 0.15) is 5.82 Å². The Kier molecular flexibility index (Phi) is 13.0. The fraction of sp³-hybridized carbons (Fsp3) is 0.429. The van der Waals surface area contributed by atoms with E-state index in [9.17, 15) is 28.4 Å². The highest BCUT2D eigenvalue weighted by Crippen LogP contribution is 2.29. The van der Waals surface area contributed by atoms with Gasteiger partial charge in [0.2, 0.25) is 5.91 Å². The van der Waals surface area contributed by atoms with Gasteiger partial charge in [0, 0.05) is 69.3 Å². The number of unbranched alkanes of at least 4 members (excludes halogenated alkanes) is 6. The number of carbonyl (C=O) groups excluding carboxylic acids is 3. The molecule has 0 radical (unpaired) electrons. The number of nitrogens with zero attached hydrogens (tertiary/aromatic N) is 5. The second-order valence-electron chi connectivity index (χ2n) is 11.8. The molecule has 2 amide bonds. The maximum Gasteiger partial charge on any atom is 0.328 e. The molecule has 2 N–H and O–H groups in total. The van der Waals surface area contributed by atoms with E-state index in [2.05, 4.69) is 21.8 Å². The molecule has 2 aliphatic rings. The summed E-state index contributed by atoms with van der Waals surface area (Å²) in [7, 11) is 0. The molecule has 48 heavy (non-hydrogen) atoms. The third-order valence-electron chi connectivity index (χ3n) is 8.41. The Balaban J connectivity index is 0.000000579. The number of benzene rings is 2. The summed E-state index contributed by atoms with van der Waals surface area (Å²) >= 11 is 0. The van der Waals surface area contributed by atoms with Crippen molar-refractivity contribution in [3.8, 4) is 0 Å². The molecule has 3 heterocycles. The van der Waals surface area contributed by atoms with Crippen LogP contribution in [0.1, 0.15) is 83.8 Å². The fourth-order valence-electron chi connectivity index (χ4n) is 5.84. The molecule has 2 aromatic carbocycles. The number of anilines is 1. The van der Waals surface area contributed by atoms with Crippen molar-refractivity contribution in [2.24, 2.45) is 0 Å². The van der Waals surface area contributed by atoms with Crippen molar-refractivity contribution in [3.05, 3.63) is 71.6 Å². The molecular weight excluding hydrogens is 621 g/mol. The zero-order chi connectivity index (χ0) is 34.6. The zero-order valence-corrected chi connectivity index (χ0v) is 27.1. The van der Waals surface area contributed by atoms with Gasteiger partial charge in [-0.05, 0) is 30.7 Å². The molecule has 0 saturated carbocycles. The van der Waals surface area contributed by atoms with Gasteiger partial charge in [0.15, 0.2) is 5.82 Å². The Bertz CT molecular complexity index is 1610. The van der Waals surface area contributed by atoms with Gasteiger partial charge in [-0.3, -0.25) is 24.2 Å². The molecule has 0 spiro atoms. The predicted octanol–water partition coefficient (Wildman–Crippen LogP) is 5.09. The maximum absolute atomic E-state index is 14.2. The van der Waals surface area contributed by atoms with Crippen LogP contribution in [0, 0.1) is 5.82 Å². The van der Waals surface area contributed by atoms with Gasteiger partial charge in [-0.25, -0.2) is 14.0 Å². The fourth-order valence-corrected chi connectivity index (χ4v) is 5.84. The number of halogens is 1. The summed E-state index contributed by atoms with van der Waals surface area (Å²) in [4.78, 5) is 63.2. The standard InChI is InChI=1S/C31H38FN5O3.C4H4O4/c1-2-3-4-5-6-7-8-13-28(38)37-27-22-23(32)14-15-26(27)29(33-37)35-19-16-34(17-20-35)18-21-36-30(39)24-11-9-10-12-25(24)31(36)40;5-3(6)1-2-4(7)8/h9-12,14-15,22H,2-8,13,16-21H2,1H3;1-2H,(H,5,6)(H,7,8). The van der Waals surface area contributed by atoms with E-state index in [0.717, 1.165) is 37.7 Å². The monoisotopic (exact) mass is 663 g/mol. The van der Waals surface area contributed by atoms with Gasteiger partial charge in [-0.1, -0.05) is 57.6 Å². The number of carboxylic acids is 2. The van der Waals surface area contributed by atoms with Crippen LogP contribution in [0.25, 0.3) is 10.9 Å². The number of carbonyl (C=O) groups is 5. The Labute approximate surface area is 278 Å². The molecule has 0 aliphatic carbocycles. The van der Waals surface area contributed by atoms with Crippen molar-refractivity contribution >= 4 is 46.4 Å². The molecule has 2 aliphatic heterocycles. The Morgan fingerprint density at radius 2 is 1.40 bits per heavy atom. The highest BCUT2D eigenvalue weighted by atomic mass is 19.1. The number of amides is 2. The minimum Gasteiger partial charge on any atom is -0.478 e. The van der Waals surface area contributed by atoms with E-state index in [4.69, 9.17) is 10.2 Å². The van der Waals surface area contributed by atoms with Gasteiger partial charge in [-0.2, -0.15) is 4.68 Å². The summed E-state index contributed by atoms with van der Waals surface area (Å²) in [5.74, 6) is -2.77. The Morgan fingerprint density at radius 3 is 1.98 bits per heavy atom. The van der Waals surface area contributed by atoms with Crippen LogP contribution in [-0.2, 0) is 9.59 Å². The highest BCUT2D eigenvalue weighted by molar-refractivity contribution is 6.21. The number of imide groups is 1. The van der Waals surface area contributed by atoms with Crippen LogP contribution in [0.3, 0.4) is 0 Å². The van der Waals surface area contributed by atoms with Crippen molar-refractivity contribution < 1.29 is 38.6 Å². The number of carboxylic acid groups (broad SMARTS) is 2. The molecular formula is C35H42FN5O7. The second kappa shape index (κ2) is 17.3. The summed E-state index contributed by atoms with van der Waals surface area (Å²) in [5.41, 5.74) is 1.45. The molecule has 256 valence electrons. The minimum absolute atomic E-state index is 0.102. The molecule has 3 aromatic rings. The topological polar surface area (TPSA) is 153 Å². The van der Waals surface area contributed by atoms with Crippen molar-refractivity contribution in [2.75, 3.05) is 44.2 Å². The predicted molar refractivity (Wildman–Crippen MR) is 178 cm³/mol. The van der Waals surface area contributed by atoms with Gasteiger partial charge >= 0.3 is 11.9 Å². The summed E-state index contributed by atoms with van der Waals surface area (Å²) in [5, 5.41) is 21.1. The van der Waals surface area contributed by atoms with E-state index in [1.165, 1.54) is 47.4 Å². The number of fused-ring (bicyclic) bond motifs is 2. The molecule has 1 fully saturated rings. The number of hydrogen-bond donors (Lipinski definition) is 2. The summed E-state index contributed by atoms with van der Waals surface area (Å²) in [6.45, 7) is 5.95. The number of hydrogen-bond acceptors (Lipinski definition) is 8. The lowest BCUT2D eigenvalue weighted by Crippen LogP contribution is -2.49. The first-order valence-corrected chi connectivity index (χ1v) is 16.4. The summed E-state index contributed by atoms with van der Waals surface area (Å²) < 4.78 is 15.6. The van der Waals surface area contributed by atoms with Crippen LogP contribution >= 0.6 is 0 Å². The van der Waals surface area contributed by atoms with Crippen molar-refractivity contribution in [1.82, 2.24) is 19.6 Å². The van der Waals surface area contributed by atoms with Gasteiger partial charge in [-0.15, -0.1) is 5.10 Å². The molecule has 0 bridgehead atoms. The van der Waals surface area contributed by atoms with E-state index in [0.29, 0.717) is 67.2 Å². The lowest BCUT2D eigenvalue weighted by molar-refractivity contribution is -0.134. The third-order valence-corrected chi connectivity index (χ3v) is 8.41. The quantitative estimate of drug-likeness (QED) is 0.136. The Hall–Kier alpha value is -4.91. The van der Waals surface area contributed by atoms with Crippen molar-refractivity contribution in [2.45, 2.75) is 58.3 Å². The molecule has 0 unspecified atom stereocenters. The third kappa shape index (κ3) is 9.34. The zero-order valence-electron chi connectivity index (χ0n) is 27.1. The van der Waals surface area contributed by atoms with Crippen LogP contribution in [0.15, 0.2) is 54.6 Å². The van der Waals surface area contributed by atoms with E-state index in [-0.39, 0.29) is 23.5 Å². The van der Waals surface area contributed by atoms with E-state index < -0.39 is 11.9 Å². The number of piperazine rings is 1. The Morgan fingerprint density at radius 1 is 0.812 bits per heavy atom. The van der Waals surface area contributed by atoms with Gasteiger partial charge in [0.25, 0.3) is 11.8 Å². The number of rotatable bonds is 14. The first-order chi connectivity index (χ1) is 23.1. The average molecular weight is 664 g/mol. The van der Waals surface area contributed by atoms with Crippen LogP contribution in [0.4, 0.5) is 10.2 Å². The van der Waals surface area contributed by atoms with Crippen LogP contribution in [0.2, 0.25) is 0 Å². The first kappa shape index (κ1) is 35.9. The van der Waals surface area contributed by atoms with E-state index in [1.807, 2.05) is 0 Å². The molecule has 13 heteroatoms. The summed E-state index contributed by atoms with van der Waals surface area (Å²) in [6, 6.07) is 11.5. The minimum atomic E-state index is -1.26. The molecule has 12 nitrogen and oxygen atoms in total. The number of aromatic nitrogens is 2. The summed E-state index contributed by atoms with van der Waals surface area (Å²) in [6.07, 6.45) is 9.38. The highest BCUT2D eigenvalue weighted by Gasteiger charge is 2.35. The average Bonchev–Trinajstić information content (AvgIpc) is 3.57. The normalized spacial score (nSPS) is 14.8. The van der Waals surface area contributed by atoms with Crippen LogP contribution < -0.4 is 4.90 Å². The van der Waals surface area contributed by atoms with Crippen molar-refractivity contribution in [1.29, 1.82) is 0 Å². The smallest absolute Gasteiger partial charge is 0.328 e. The van der Waals surface area contributed by atoms with E-state index >= 15 is 0 Å². The van der Waals surface area contributed by atoms with Crippen LogP contribution in [0.5, 0.6) is 0 Å². The lowest BCUT2D eigenvalue weighted by atomic mass is 10.1. The van der Waals surface area contributed by atoms with E-state index in [1.54, 1.807) is 30.3 Å². The molecule has 5 rings (SSSR count). The van der Waals surface area contributed by atoms with Gasteiger partial charge < -0.3 is 15.1 Å². The van der Waals surface area contributed by atoms with Crippen molar-refractivity contribution in [3.63, 3.8) is 0 Å². The number of aliphatic carboxylic acids is 2. The second-order valence-corrected chi connectivity index (χ2v) is 11.8. The molecule has 0 atom stereocenters. The molecule has 1 saturated heterocycles. The SMILES string of the molecule is CCCCCCCCCC(=O)n1nc(N2CCN(CCN3C(=O)c4ccccc4C3=O)CC2)c2ccc(F)cc21.O=C(O)C=CC(=O)O. The lowest BCUT2D eigenvalue weighted by Gasteiger charge is -2.35. The maximum atomic E-state index is 14.2. The largest absolute Gasteiger partial charge is 0.478 e. The van der Waals surface area contributed by atoms with Gasteiger partial charge in [0.05, 0.1) is 16.6 Å². The molecule has 1 aromatic heterocycles.